The summed E-state index contributed by atoms with van der Waals surface area (Å²) >= 11 is 0. The third-order valence-electron chi connectivity index (χ3n) is 7.48. The second-order valence-corrected chi connectivity index (χ2v) is 9.52. The Hall–Kier alpha value is -1.63. The van der Waals surface area contributed by atoms with Crippen LogP contribution in [0.2, 0.25) is 0 Å². The number of carbonyl (C=O) groups is 3. The minimum atomic E-state index is -0.539. The van der Waals surface area contributed by atoms with Crippen LogP contribution in [0.5, 0.6) is 0 Å². The molecule has 0 amide bonds. The molecule has 7 nitrogen and oxygen atoms in total. The normalized spacial score (nSPS) is 37.7. The van der Waals surface area contributed by atoms with Gasteiger partial charge in [0.2, 0.25) is 0 Å². The van der Waals surface area contributed by atoms with Crippen LogP contribution in [0.3, 0.4) is 0 Å². The van der Waals surface area contributed by atoms with Gasteiger partial charge >= 0.3 is 17.9 Å². The molecule has 4 fully saturated rings. The first-order valence-electron chi connectivity index (χ1n) is 10.4. The fourth-order valence-electron chi connectivity index (χ4n) is 5.77. The summed E-state index contributed by atoms with van der Waals surface area (Å²) in [4.78, 5) is 36.1. The van der Waals surface area contributed by atoms with Crippen molar-refractivity contribution in [2.45, 2.75) is 65.1 Å². The maximum Gasteiger partial charge on any atom is 0.332 e. The lowest BCUT2D eigenvalue weighted by Gasteiger charge is -2.28. The minimum absolute atomic E-state index is 0.00826. The van der Waals surface area contributed by atoms with Gasteiger partial charge in [0.25, 0.3) is 0 Å². The van der Waals surface area contributed by atoms with Crippen molar-refractivity contribution in [3.63, 3.8) is 0 Å². The number of esters is 3. The SMILES string of the molecule is CCC(C)(C)C(=O)OCCOC(=O)COC1C2CC3CC4C(=O)OC1C4(C3)C2. The number of hydrogen-bond acceptors (Lipinski definition) is 7. The minimum Gasteiger partial charge on any atom is -0.462 e. The van der Waals surface area contributed by atoms with Gasteiger partial charge in [-0.2, -0.15) is 0 Å². The molecule has 3 bridgehead atoms. The van der Waals surface area contributed by atoms with Crippen LogP contribution in [-0.2, 0) is 33.3 Å². The number of hydrogen-bond donors (Lipinski definition) is 0. The number of ether oxygens (including phenoxy) is 4. The molecule has 0 aromatic heterocycles. The van der Waals surface area contributed by atoms with Gasteiger partial charge in [-0.15, -0.1) is 0 Å². The second-order valence-electron chi connectivity index (χ2n) is 9.52. The monoisotopic (exact) mass is 394 g/mol. The van der Waals surface area contributed by atoms with Crippen molar-refractivity contribution >= 4 is 17.9 Å². The molecule has 4 aliphatic rings. The van der Waals surface area contributed by atoms with E-state index in [0.717, 1.165) is 25.7 Å². The molecule has 1 aliphatic heterocycles. The van der Waals surface area contributed by atoms with E-state index in [1.165, 1.54) is 0 Å². The van der Waals surface area contributed by atoms with E-state index < -0.39 is 11.4 Å². The lowest BCUT2D eigenvalue weighted by Crippen LogP contribution is -2.36. The number of rotatable bonds is 8. The van der Waals surface area contributed by atoms with Crippen LogP contribution in [-0.4, -0.2) is 49.9 Å². The highest BCUT2D eigenvalue weighted by atomic mass is 16.6. The Labute approximate surface area is 165 Å². The molecular formula is C21H30O7. The van der Waals surface area contributed by atoms with Crippen LogP contribution in [0.25, 0.3) is 0 Å². The Kier molecular flexibility index (Phi) is 4.92. The van der Waals surface area contributed by atoms with Gasteiger partial charge in [-0.25, -0.2) is 4.79 Å². The van der Waals surface area contributed by atoms with E-state index in [1.807, 2.05) is 20.8 Å². The Morgan fingerprint density at radius 1 is 1.18 bits per heavy atom. The fraction of sp³-hybridized carbons (Fsp3) is 0.857. The maximum atomic E-state index is 12.2. The van der Waals surface area contributed by atoms with Gasteiger partial charge in [0, 0.05) is 5.41 Å². The zero-order chi connectivity index (χ0) is 20.1. The van der Waals surface area contributed by atoms with Crippen molar-refractivity contribution in [1.29, 1.82) is 0 Å². The second kappa shape index (κ2) is 7.01. The Morgan fingerprint density at radius 3 is 2.68 bits per heavy atom. The molecule has 6 unspecified atom stereocenters. The van der Waals surface area contributed by atoms with Gasteiger partial charge < -0.3 is 18.9 Å². The summed E-state index contributed by atoms with van der Waals surface area (Å²) < 4.78 is 21.8. The molecule has 1 saturated heterocycles. The van der Waals surface area contributed by atoms with Crippen molar-refractivity contribution in [2.24, 2.45) is 28.6 Å². The molecule has 1 heterocycles. The summed E-state index contributed by atoms with van der Waals surface area (Å²) in [5, 5.41) is 0. The maximum absolute atomic E-state index is 12.2. The van der Waals surface area contributed by atoms with E-state index in [1.54, 1.807) is 0 Å². The molecule has 0 aromatic rings. The molecule has 156 valence electrons. The van der Waals surface area contributed by atoms with Crippen molar-refractivity contribution in [3.05, 3.63) is 0 Å². The van der Waals surface area contributed by atoms with E-state index in [9.17, 15) is 14.4 Å². The van der Waals surface area contributed by atoms with Crippen LogP contribution in [0.1, 0.15) is 52.9 Å². The van der Waals surface area contributed by atoms with Gasteiger partial charge in [-0.05, 0) is 57.8 Å². The highest BCUT2D eigenvalue weighted by Gasteiger charge is 2.72. The van der Waals surface area contributed by atoms with Crippen LogP contribution >= 0.6 is 0 Å². The first-order chi connectivity index (χ1) is 13.3. The van der Waals surface area contributed by atoms with Crippen LogP contribution in [0, 0.1) is 28.6 Å². The number of fused-ring (bicyclic) bond motifs is 2. The first-order valence-corrected chi connectivity index (χ1v) is 10.4. The highest BCUT2D eigenvalue weighted by molar-refractivity contribution is 5.78. The van der Waals surface area contributed by atoms with Gasteiger partial charge in [0.1, 0.15) is 25.9 Å². The van der Waals surface area contributed by atoms with Gasteiger partial charge in [-0.1, -0.05) is 6.92 Å². The van der Waals surface area contributed by atoms with Crippen molar-refractivity contribution in [1.82, 2.24) is 0 Å². The van der Waals surface area contributed by atoms with E-state index in [2.05, 4.69) is 0 Å². The van der Waals surface area contributed by atoms with Crippen molar-refractivity contribution < 1.29 is 33.3 Å². The molecule has 4 rings (SSSR count). The van der Waals surface area contributed by atoms with E-state index in [-0.39, 0.29) is 55.3 Å². The van der Waals surface area contributed by atoms with Crippen molar-refractivity contribution in [3.8, 4) is 0 Å². The zero-order valence-corrected chi connectivity index (χ0v) is 16.9. The molecule has 28 heavy (non-hydrogen) atoms. The van der Waals surface area contributed by atoms with E-state index in [0.29, 0.717) is 18.3 Å². The average molecular weight is 394 g/mol. The zero-order valence-electron chi connectivity index (χ0n) is 16.9. The standard InChI is InChI=1S/C21H30O7/c1-4-20(2,3)19(24)26-6-5-25-15(22)11-27-16-13-7-12-8-14-18(23)28-17(16)21(14,9-12)10-13/h12-14,16-17H,4-11H2,1-3H3. The van der Waals surface area contributed by atoms with Crippen LogP contribution in [0.4, 0.5) is 0 Å². The first kappa shape index (κ1) is 19.7. The number of carbonyl (C=O) groups excluding carboxylic acids is 3. The van der Waals surface area contributed by atoms with Crippen molar-refractivity contribution in [2.75, 3.05) is 19.8 Å². The highest BCUT2D eigenvalue weighted by Crippen LogP contribution is 2.68. The van der Waals surface area contributed by atoms with Gasteiger partial charge in [0.15, 0.2) is 0 Å². The Balaban J connectivity index is 1.22. The molecule has 0 aromatic carbocycles. The van der Waals surface area contributed by atoms with Gasteiger partial charge in [-0.3, -0.25) is 9.59 Å². The lowest BCUT2D eigenvalue weighted by atomic mass is 9.73. The predicted octanol–water partition coefficient (Wildman–Crippen LogP) is 2.26. The summed E-state index contributed by atoms with van der Waals surface area (Å²) in [6.45, 7) is 5.43. The summed E-state index contributed by atoms with van der Waals surface area (Å²) in [6, 6.07) is 0. The smallest absolute Gasteiger partial charge is 0.332 e. The molecule has 3 aliphatic carbocycles. The topological polar surface area (TPSA) is 88.1 Å². The fourth-order valence-corrected chi connectivity index (χ4v) is 5.77. The summed E-state index contributed by atoms with van der Waals surface area (Å²) in [5.74, 6) is 0.0905. The molecule has 0 N–H and O–H groups in total. The largest absolute Gasteiger partial charge is 0.462 e. The van der Waals surface area contributed by atoms with Crippen LogP contribution < -0.4 is 0 Å². The molecule has 0 radical (unpaired) electrons. The third-order valence-corrected chi connectivity index (χ3v) is 7.48. The molecule has 3 saturated carbocycles. The van der Waals surface area contributed by atoms with Crippen LogP contribution in [0.15, 0.2) is 0 Å². The summed E-state index contributed by atoms with van der Waals surface area (Å²) in [7, 11) is 0. The summed E-state index contributed by atoms with van der Waals surface area (Å²) in [6.07, 6.45) is 4.27. The molecular weight excluding hydrogens is 364 g/mol. The van der Waals surface area contributed by atoms with E-state index >= 15 is 0 Å². The molecule has 1 spiro atoms. The molecule has 7 heteroatoms. The Bertz CT molecular complexity index is 672. The van der Waals surface area contributed by atoms with Gasteiger partial charge in [0.05, 0.1) is 17.4 Å². The predicted molar refractivity (Wildman–Crippen MR) is 97.0 cm³/mol. The average Bonchev–Trinajstić information content (AvgIpc) is 3.16. The summed E-state index contributed by atoms with van der Waals surface area (Å²) in [5.41, 5.74) is -0.595. The lowest BCUT2D eigenvalue weighted by molar-refractivity contribution is -0.164. The quantitative estimate of drug-likeness (QED) is 0.354. The van der Waals surface area contributed by atoms with E-state index in [4.69, 9.17) is 18.9 Å². The Morgan fingerprint density at radius 2 is 1.93 bits per heavy atom. The molecule has 6 atom stereocenters. The third kappa shape index (κ3) is 3.11.